The first-order valence-corrected chi connectivity index (χ1v) is 7.31. The van der Waals surface area contributed by atoms with Crippen molar-refractivity contribution in [3.05, 3.63) is 28.2 Å². The molecule has 0 amide bonds. The van der Waals surface area contributed by atoms with Crippen LogP contribution in [0.1, 0.15) is 25.3 Å². The van der Waals surface area contributed by atoms with Crippen molar-refractivity contribution < 1.29 is 0 Å². The van der Waals surface area contributed by atoms with E-state index in [1.54, 1.807) is 0 Å². The molecule has 1 aliphatic carbocycles. The molecule has 2 atom stereocenters. The van der Waals surface area contributed by atoms with Crippen molar-refractivity contribution in [1.82, 2.24) is 4.98 Å². The van der Waals surface area contributed by atoms with Gasteiger partial charge in [-0.1, -0.05) is 29.8 Å². The Balaban J connectivity index is 2.05. The van der Waals surface area contributed by atoms with E-state index in [1.807, 2.05) is 0 Å². The van der Waals surface area contributed by atoms with E-state index in [9.17, 15) is 0 Å². The van der Waals surface area contributed by atoms with Crippen LogP contribution in [0.15, 0.2) is 27.7 Å². The lowest BCUT2D eigenvalue weighted by atomic mass is 9.57. The Bertz CT molecular complexity index is 660. The second-order valence-electron chi connectivity index (χ2n) is 5.68. The number of aliphatic imine (C=N–C) groups is 1. The molecule has 1 aromatic carbocycles. The van der Waals surface area contributed by atoms with Crippen LogP contribution >= 0.6 is 15.9 Å². The Morgan fingerprint density at radius 3 is 2.78 bits per heavy atom. The van der Waals surface area contributed by atoms with Crippen molar-refractivity contribution in [2.45, 2.75) is 19.8 Å². The molecule has 2 bridgehead atoms. The number of hydrogen-bond donors (Lipinski definition) is 1. The van der Waals surface area contributed by atoms with Gasteiger partial charge < -0.3 is 4.98 Å². The van der Waals surface area contributed by atoms with Gasteiger partial charge in [0.25, 0.3) is 0 Å². The Morgan fingerprint density at radius 1 is 1.22 bits per heavy atom. The molecule has 1 saturated carbocycles. The Labute approximate surface area is 115 Å². The van der Waals surface area contributed by atoms with Crippen LogP contribution in [-0.2, 0) is 0 Å². The van der Waals surface area contributed by atoms with Gasteiger partial charge in [0.15, 0.2) is 0 Å². The van der Waals surface area contributed by atoms with Crippen LogP contribution in [-0.4, -0.2) is 11.2 Å². The second-order valence-corrected chi connectivity index (χ2v) is 6.59. The Kier molecular flexibility index (Phi) is 2.08. The lowest BCUT2D eigenvalue weighted by Crippen LogP contribution is -2.41. The minimum absolute atomic E-state index is 0.649. The van der Waals surface area contributed by atoms with Crippen molar-refractivity contribution in [3.63, 3.8) is 0 Å². The highest BCUT2D eigenvalue weighted by molar-refractivity contribution is 9.10. The Hall–Kier alpha value is -1.09. The first kappa shape index (κ1) is 10.8. The molecule has 92 valence electrons. The molecule has 1 fully saturated rings. The molecule has 0 spiro atoms. The summed E-state index contributed by atoms with van der Waals surface area (Å²) in [7, 11) is 0. The molecule has 1 aromatic heterocycles. The minimum Gasteiger partial charge on any atom is -0.339 e. The summed E-state index contributed by atoms with van der Waals surface area (Å²) in [5, 5.41) is 1.33. The molecule has 2 aromatic rings. The predicted octanol–water partition coefficient (Wildman–Crippen LogP) is 4.63. The molecule has 3 aliphatic rings. The van der Waals surface area contributed by atoms with Crippen LogP contribution < -0.4 is 0 Å². The van der Waals surface area contributed by atoms with Crippen LogP contribution in [0.25, 0.3) is 10.9 Å². The summed E-state index contributed by atoms with van der Waals surface area (Å²) in [5.41, 5.74) is 2.63. The minimum atomic E-state index is 0.649. The van der Waals surface area contributed by atoms with E-state index in [1.165, 1.54) is 16.5 Å². The SMILES string of the molecule is CC1C2C=Nc3[nH]c4ccc(Br)cc4c3C1C2C. The van der Waals surface area contributed by atoms with Crippen molar-refractivity contribution >= 4 is 38.9 Å². The highest BCUT2D eigenvalue weighted by Gasteiger charge is 2.48. The summed E-state index contributed by atoms with van der Waals surface area (Å²) >= 11 is 3.58. The van der Waals surface area contributed by atoms with Gasteiger partial charge in [-0.2, -0.15) is 0 Å². The highest BCUT2D eigenvalue weighted by atomic mass is 79.9. The number of nitrogens with one attached hydrogen (secondary N) is 1. The Morgan fingerprint density at radius 2 is 2.00 bits per heavy atom. The first-order chi connectivity index (χ1) is 8.66. The van der Waals surface area contributed by atoms with Crippen LogP contribution in [0.3, 0.4) is 0 Å². The van der Waals surface area contributed by atoms with Crippen LogP contribution in [0.4, 0.5) is 5.82 Å². The quantitative estimate of drug-likeness (QED) is 0.735. The monoisotopic (exact) mass is 302 g/mol. The first-order valence-electron chi connectivity index (χ1n) is 6.52. The van der Waals surface area contributed by atoms with E-state index in [-0.39, 0.29) is 0 Å². The topological polar surface area (TPSA) is 28.1 Å². The fourth-order valence-corrected chi connectivity index (χ4v) is 4.22. The largest absolute Gasteiger partial charge is 0.339 e. The average Bonchev–Trinajstić information content (AvgIpc) is 2.53. The summed E-state index contributed by atoms with van der Waals surface area (Å²) in [6.07, 6.45) is 2.15. The maximum atomic E-state index is 4.68. The van der Waals surface area contributed by atoms with Gasteiger partial charge in [-0.25, -0.2) is 4.99 Å². The number of nitrogens with zero attached hydrogens (tertiary/aromatic N) is 1. The number of aromatic nitrogens is 1. The summed E-state index contributed by atoms with van der Waals surface area (Å²) in [6.45, 7) is 4.71. The van der Waals surface area contributed by atoms with Gasteiger partial charge in [0.1, 0.15) is 5.82 Å². The van der Waals surface area contributed by atoms with Crippen molar-refractivity contribution in [1.29, 1.82) is 0 Å². The number of rotatable bonds is 0. The normalized spacial score (nSPS) is 33.1. The summed E-state index contributed by atoms with van der Waals surface area (Å²) in [4.78, 5) is 8.14. The molecule has 3 heterocycles. The smallest absolute Gasteiger partial charge is 0.134 e. The zero-order valence-electron chi connectivity index (χ0n) is 10.4. The molecule has 2 aliphatic heterocycles. The number of hydrogen-bond acceptors (Lipinski definition) is 1. The van der Waals surface area contributed by atoms with Crippen molar-refractivity contribution in [3.8, 4) is 0 Å². The third kappa shape index (κ3) is 1.21. The van der Waals surface area contributed by atoms with Gasteiger partial charge >= 0.3 is 0 Å². The standard InChI is InChI=1S/C15H15BrN2/c1-7-11-6-17-15-14(13(7)8(11)2)10-5-9(16)3-4-12(10)18-15/h3-8,11,13,18H,1-2H3. The maximum Gasteiger partial charge on any atom is 0.134 e. The molecular weight excluding hydrogens is 288 g/mol. The molecule has 2 nitrogen and oxygen atoms in total. The van der Waals surface area contributed by atoms with E-state index in [4.69, 9.17) is 0 Å². The van der Waals surface area contributed by atoms with Crippen LogP contribution in [0, 0.1) is 17.8 Å². The third-order valence-electron chi connectivity index (χ3n) is 4.84. The molecular formula is C15H15BrN2. The number of fused-ring (bicyclic) bond motifs is 1. The third-order valence-corrected chi connectivity index (χ3v) is 5.33. The van der Waals surface area contributed by atoms with Crippen molar-refractivity contribution in [2.24, 2.45) is 22.7 Å². The van der Waals surface area contributed by atoms with Gasteiger partial charge in [0.2, 0.25) is 0 Å². The number of aromatic amines is 1. The maximum absolute atomic E-state index is 4.68. The van der Waals surface area contributed by atoms with Crippen LogP contribution in [0.2, 0.25) is 0 Å². The van der Waals surface area contributed by atoms with E-state index < -0.39 is 0 Å². The van der Waals surface area contributed by atoms with Gasteiger partial charge in [-0.15, -0.1) is 0 Å². The lowest BCUT2D eigenvalue weighted by Gasteiger charge is -2.46. The van der Waals surface area contributed by atoms with Crippen molar-refractivity contribution in [2.75, 3.05) is 0 Å². The van der Waals surface area contributed by atoms with E-state index in [0.29, 0.717) is 23.7 Å². The number of H-pyrrole nitrogens is 1. The van der Waals surface area contributed by atoms with E-state index in [0.717, 1.165) is 10.3 Å². The molecule has 1 N–H and O–H groups in total. The zero-order valence-corrected chi connectivity index (χ0v) is 12.0. The highest BCUT2D eigenvalue weighted by Crippen LogP contribution is 2.56. The molecule has 2 unspecified atom stereocenters. The molecule has 3 heteroatoms. The zero-order chi connectivity index (χ0) is 12.4. The van der Waals surface area contributed by atoms with Crippen LogP contribution in [0.5, 0.6) is 0 Å². The summed E-state index contributed by atoms with van der Waals surface area (Å²) in [5.74, 6) is 3.80. The summed E-state index contributed by atoms with van der Waals surface area (Å²) < 4.78 is 1.14. The van der Waals surface area contributed by atoms with Gasteiger partial charge in [-0.3, -0.25) is 0 Å². The van der Waals surface area contributed by atoms with Gasteiger partial charge in [0, 0.05) is 33.1 Å². The number of halogens is 1. The molecule has 5 rings (SSSR count). The lowest BCUT2D eigenvalue weighted by molar-refractivity contribution is 0.124. The predicted molar refractivity (Wildman–Crippen MR) is 78.7 cm³/mol. The van der Waals surface area contributed by atoms with Gasteiger partial charge in [0.05, 0.1) is 0 Å². The average molecular weight is 303 g/mol. The molecule has 0 radical (unpaired) electrons. The molecule has 0 saturated heterocycles. The second kappa shape index (κ2) is 3.47. The fourth-order valence-electron chi connectivity index (χ4n) is 3.86. The van der Waals surface area contributed by atoms with Gasteiger partial charge in [-0.05, 0) is 36.0 Å². The summed E-state index contributed by atoms with van der Waals surface area (Å²) in [6, 6.07) is 6.44. The van der Waals surface area contributed by atoms with E-state index in [2.05, 4.69) is 64.2 Å². The fraction of sp³-hybridized carbons (Fsp3) is 0.400. The molecule has 18 heavy (non-hydrogen) atoms. The number of benzene rings is 1. The van der Waals surface area contributed by atoms with E-state index >= 15 is 0 Å².